The minimum absolute atomic E-state index is 0.106. The summed E-state index contributed by atoms with van der Waals surface area (Å²) in [5.41, 5.74) is 1.12. The first-order chi connectivity index (χ1) is 8.54. The van der Waals surface area contributed by atoms with Crippen LogP contribution in [-0.2, 0) is 11.8 Å². The SMILES string of the molecule is CCC(C)NC(=O)CCNC(C)c1ccnn1C. The van der Waals surface area contributed by atoms with Crippen molar-refractivity contribution in [2.75, 3.05) is 6.54 Å². The Morgan fingerprint density at radius 3 is 2.78 bits per heavy atom. The molecule has 0 fully saturated rings. The van der Waals surface area contributed by atoms with Crippen molar-refractivity contribution in [2.45, 2.75) is 45.7 Å². The topological polar surface area (TPSA) is 59.0 Å². The van der Waals surface area contributed by atoms with Gasteiger partial charge in [-0.2, -0.15) is 5.10 Å². The van der Waals surface area contributed by atoms with Gasteiger partial charge in [-0.1, -0.05) is 6.92 Å². The molecule has 102 valence electrons. The summed E-state index contributed by atoms with van der Waals surface area (Å²) >= 11 is 0. The third-order valence-corrected chi connectivity index (χ3v) is 3.12. The van der Waals surface area contributed by atoms with Gasteiger partial charge in [0.15, 0.2) is 0 Å². The molecule has 5 heteroatoms. The fraction of sp³-hybridized carbons (Fsp3) is 0.692. The van der Waals surface area contributed by atoms with Crippen molar-refractivity contribution in [3.8, 4) is 0 Å². The lowest BCUT2D eigenvalue weighted by atomic mass is 10.2. The van der Waals surface area contributed by atoms with Crippen LogP contribution in [-0.4, -0.2) is 28.3 Å². The third-order valence-electron chi connectivity index (χ3n) is 3.12. The highest BCUT2D eigenvalue weighted by atomic mass is 16.1. The number of amides is 1. The van der Waals surface area contributed by atoms with E-state index in [1.54, 1.807) is 6.20 Å². The van der Waals surface area contributed by atoms with Crippen molar-refractivity contribution in [3.63, 3.8) is 0 Å². The summed E-state index contributed by atoms with van der Waals surface area (Å²) in [7, 11) is 1.92. The molecule has 0 bridgehead atoms. The van der Waals surface area contributed by atoms with Gasteiger partial charge in [0.25, 0.3) is 0 Å². The molecule has 1 aromatic heterocycles. The van der Waals surface area contributed by atoms with Gasteiger partial charge in [-0.25, -0.2) is 0 Å². The van der Waals surface area contributed by atoms with E-state index in [1.165, 1.54) is 0 Å². The lowest BCUT2D eigenvalue weighted by molar-refractivity contribution is -0.121. The Hall–Kier alpha value is -1.36. The van der Waals surface area contributed by atoms with Crippen molar-refractivity contribution in [3.05, 3.63) is 18.0 Å². The number of hydrogen-bond donors (Lipinski definition) is 2. The fourth-order valence-corrected chi connectivity index (χ4v) is 1.76. The molecule has 2 atom stereocenters. The predicted octanol–water partition coefficient (Wildman–Crippen LogP) is 1.38. The van der Waals surface area contributed by atoms with E-state index in [-0.39, 0.29) is 18.0 Å². The number of nitrogens with zero attached hydrogens (tertiary/aromatic N) is 2. The zero-order valence-electron chi connectivity index (χ0n) is 11.7. The van der Waals surface area contributed by atoms with Crippen LogP contribution >= 0.6 is 0 Å². The number of carbonyl (C=O) groups is 1. The van der Waals surface area contributed by atoms with Crippen molar-refractivity contribution in [2.24, 2.45) is 7.05 Å². The molecule has 0 aromatic carbocycles. The summed E-state index contributed by atoms with van der Waals surface area (Å²) < 4.78 is 1.84. The van der Waals surface area contributed by atoms with Crippen LogP contribution in [0.25, 0.3) is 0 Å². The first-order valence-electron chi connectivity index (χ1n) is 6.55. The number of hydrogen-bond acceptors (Lipinski definition) is 3. The van der Waals surface area contributed by atoms with E-state index in [9.17, 15) is 4.79 Å². The second-order valence-electron chi connectivity index (χ2n) is 4.68. The number of aromatic nitrogens is 2. The average Bonchev–Trinajstić information content (AvgIpc) is 2.75. The summed E-state index contributed by atoms with van der Waals surface area (Å²) in [5, 5.41) is 10.4. The van der Waals surface area contributed by atoms with Crippen LogP contribution in [0.2, 0.25) is 0 Å². The molecule has 0 radical (unpaired) electrons. The molecule has 0 saturated heterocycles. The number of aryl methyl sites for hydroxylation is 1. The van der Waals surface area contributed by atoms with Gasteiger partial charge in [0.2, 0.25) is 5.91 Å². The van der Waals surface area contributed by atoms with Crippen LogP contribution in [0.3, 0.4) is 0 Å². The monoisotopic (exact) mass is 252 g/mol. The first kappa shape index (κ1) is 14.7. The van der Waals surface area contributed by atoms with Crippen LogP contribution < -0.4 is 10.6 Å². The second kappa shape index (κ2) is 7.16. The van der Waals surface area contributed by atoms with Crippen LogP contribution in [0.1, 0.15) is 45.3 Å². The minimum Gasteiger partial charge on any atom is -0.354 e. The van der Waals surface area contributed by atoms with Gasteiger partial charge >= 0.3 is 0 Å². The summed E-state index contributed by atoms with van der Waals surface area (Å²) in [6.07, 6.45) is 3.25. The van der Waals surface area contributed by atoms with Gasteiger partial charge in [-0.05, 0) is 26.3 Å². The van der Waals surface area contributed by atoms with E-state index < -0.39 is 0 Å². The van der Waals surface area contributed by atoms with Crippen molar-refractivity contribution >= 4 is 5.91 Å². The van der Waals surface area contributed by atoms with Crippen molar-refractivity contribution < 1.29 is 4.79 Å². The largest absolute Gasteiger partial charge is 0.354 e. The molecule has 0 aliphatic carbocycles. The van der Waals surface area contributed by atoms with E-state index in [0.29, 0.717) is 13.0 Å². The molecule has 18 heavy (non-hydrogen) atoms. The molecule has 0 aliphatic heterocycles. The molecule has 5 nitrogen and oxygen atoms in total. The van der Waals surface area contributed by atoms with E-state index >= 15 is 0 Å². The number of nitrogens with one attached hydrogen (secondary N) is 2. The summed E-state index contributed by atoms with van der Waals surface area (Å²) in [6, 6.07) is 2.44. The van der Waals surface area contributed by atoms with Crippen LogP contribution in [0.15, 0.2) is 12.3 Å². The highest BCUT2D eigenvalue weighted by Crippen LogP contribution is 2.09. The Kier molecular flexibility index (Phi) is 5.85. The Labute approximate surface area is 109 Å². The Bertz CT molecular complexity index is 375. The highest BCUT2D eigenvalue weighted by Gasteiger charge is 2.10. The zero-order chi connectivity index (χ0) is 13.5. The smallest absolute Gasteiger partial charge is 0.221 e. The van der Waals surface area contributed by atoms with Gasteiger partial charge in [-0.3, -0.25) is 9.48 Å². The Morgan fingerprint density at radius 1 is 1.50 bits per heavy atom. The summed E-state index contributed by atoms with van der Waals surface area (Å²) in [4.78, 5) is 11.6. The van der Waals surface area contributed by atoms with Crippen molar-refractivity contribution in [1.82, 2.24) is 20.4 Å². The molecule has 0 aliphatic rings. The first-order valence-corrected chi connectivity index (χ1v) is 6.55. The van der Waals surface area contributed by atoms with Gasteiger partial charge in [0, 0.05) is 38.3 Å². The van der Waals surface area contributed by atoms with E-state index in [4.69, 9.17) is 0 Å². The van der Waals surface area contributed by atoms with Crippen LogP contribution in [0, 0.1) is 0 Å². The minimum atomic E-state index is 0.106. The van der Waals surface area contributed by atoms with E-state index in [0.717, 1.165) is 12.1 Å². The maximum absolute atomic E-state index is 11.6. The number of rotatable bonds is 7. The summed E-state index contributed by atoms with van der Waals surface area (Å²) in [5.74, 6) is 0.106. The average molecular weight is 252 g/mol. The van der Waals surface area contributed by atoms with Gasteiger partial charge < -0.3 is 10.6 Å². The zero-order valence-corrected chi connectivity index (χ0v) is 11.7. The predicted molar refractivity (Wildman–Crippen MR) is 72.1 cm³/mol. The Balaban J connectivity index is 2.26. The standard InChI is InChI=1S/C13H24N4O/c1-5-10(2)16-13(18)7-8-14-11(3)12-6-9-15-17(12)4/h6,9-11,14H,5,7-8H2,1-4H3,(H,16,18). The maximum atomic E-state index is 11.6. The van der Waals surface area contributed by atoms with Gasteiger partial charge in [0.1, 0.15) is 0 Å². The molecular formula is C13H24N4O. The van der Waals surface area contributed by atoms with Crippen molar-refractivity contribution in [1.29, 1.82) is 0 Å². The van der Waals surface area contributed by atoms with Crippen LogP contribution in [0.5, 0.6) is 0 Å². The molecule has 0 saturated carbocycles. The maximum Gasteiger partial charge on any atom is 0.221 e. The van der Waals surface area contributed by atoms with E-state index in [2.05, 4.69) is 29.6 Å². The molecule has 1 aromatic rings. The normalized spacial score (nSPS) is 14.2. The van der Waals surface area contributed by atoms with Gasteiger partial charge in [-0.15, -0.1) is 0 Å². The molecular weight excluding hydrogens is 228 g/mol. The fourth-order valence-electron chi connectivity index (χ4n) is 1.76. The van der Waals surface area contributed by atoms with Crippen LogP contribution in [0.4, 0.5) is 0 Å². The quantitative estimate of drug-likeness (QED) is 0.770. The molecule has 2 unspecified atom stereocenters. The lowest BCUT2D eigenvalue weighted by Gasteiger charge is -2.15. The molecule has 1 rings (SSSR count). The highest BCUT2D eigenvalue weighted by molar-refractivity contribution is 5.76. The third kappa shape index (κ3) is 4.49. The molecule has 0 spiro atoms. The van der Waals surface area contributed by atoms with E-state index in [1.807, 2.05) is 24.7 Å². The number of carbonyl (C=O) groups excluding carboxylic acids is 1. The molecule has 2 N–H and O–H groups in total. The lowest BCUT2D eigenvalue weighted by Crippen LogP contribution is -2.34. The van der Waals surface area contributed by atoms with Gasteiger partial charge in [0.05, 0.1) is 5.69 Å². The Morgan fingerprint density at radius 2 is 2.22 bits per heavy atom. The summed E-state index contributed by atoms with van der Waals surface area (Å²) in [6.45, 7) is 6.83. The molecule has 1 heterocycles. The second-order valence-corrected chi connectivity index (χ2v) is 4.68. The molecule has 1 amide bonds.